The van der Waals surface area contributed by atoms with Gasteiger partial charge in [0, 0.05) is 16.3 Å². The summed E-state index contributed by atoms with van der Waals surface area (Å²) >= 11 is 0. The average molecular weight is 431 g/mol. The second-order valence-electron chi connectivity index (χ2n) is 7.23. The number of hydrogen-bond acceptors (Lipinski definition) is 4. The molecule has 0 saturated heterocycles. The lowest BCUT2D eigenvalue weighted by atomic mass is 10.3. The Hall–Kier alpha value is -3.17. The van der Waals surface area contributed by atoms with Crippen LogP contribution in [0.5, 0.6) is 0 Å². The Morgan fingerprint density at radius 1 is 0.935 bits per heavy atom. The Morgan fingerprint density at radius 2 is 1.52 bits per heavy atom. The van der Waals surface area contributed by atoms with Crippen LogP contribution < -0.4 is 10.6 Å². The first-order valence-corrected chi connectivity index (χ1v) is 12.3. The predicted octanol–water partition coefficient (Wildman–Crippen LogP) is 5.06. The highest BCUT2D eigenvalue weighted by molar-refractivity contribution is 7.79. The molecule has 0 bridgehead atoms. The topological polar surface area (TPSA) is 57.0 Å². The van der Waals surface area contributed by atoms with E-state index in [1.54, 1.807) is 4.68 Å². The van der Waals surface area contributed by atoms with Gasteiger partial charge in [-0.15, -0.1) is 5.10 Å². The van der Waals surface area contributed by atoms with Crippen molar-refractivity contribution in [2.24, 2.45) is 0 Å². The van der Waals surface area contributed by atoms with E-state index >= 15 is 0 Å². The molecule has 0 amide bonds. The maximum atomic E-state index is 14.8. The first-order valence-electron chi connectivity index (χ1n) is 10.5. The molecule has 6 heteroatoms. The zero-order chi connectivity index (χ0) is 21.7. The summed E-state index contributed by atoms with van der Waals surface area (Å²) in [5.74, 6) is 0.551. The van der Waals surface area contributed by atoms with E-state index in [0.29, 0.717) is 18.9 Å². The van der Waals surface area contributed by atoms with Gasteiger partial charge in [0.25, 0.3) is 0 Å². The van der Waals surface area contributed by atoms with Gasteiger partial charge in [-0.25, -0.2) is 0 Å². The molecule has 0 saturated carbocycles. The molecule has 4 rings (SSSR count). The van der Waals surface area contributed by atoms with Crippen molar-refractivity contribution in [3.63, 3.8) is 0 Å². The Morgan fingerprint density at radius 3 is 2.10 bits per heavy atom. The zero-order valence-corrected chi connectivity index (χ0v) is 18.7. The average Bonchev–Trinajstić information content (AvgIpc) is 3.26. The Kier molecular flexibility index (Phi) is 6.34. The molecule has 0 aliphatic carbocycles. The Labute approximate surface area is 182 Å². The third-order valence-electron chi connectivity index (χ3n) is 5.35. The number of benzene rings is 3. The van der Waals surface area contributed by atoms with Crippen molar-refractivity contribution < 1.29 is 9.30 Å². The van der Waals surface area contributed by atoms with Crippen LogP contribution >= 0.6 is 7.14 Å². The van der Waals surface area contributed by atoms with Crippen molar-refractivity contribution in [1.29, 1.82) is 0 Å². The van der Waals surface area contributed by atoms with Gasteiger partial charge in [-0.1, -0.05) is 84.9 Å². The molecule has 5 nitrogen and oxygen atoms in total. The van der Waals surface area contributed by atoms with Gasteiger partial charge in [-0.2, -0.15) is 4.68 Å². The van der Waals surface area contributed by atoms with E-state index in [4.69, 9.17) is 4.74 Å². The summed E-state index contributed by atoms with van der Waals surface area (Å²) in [7, 11) is -2.99. The molecule has 1 heterocycles. The number of hydrogen-bond donors (Lipinski definition) is 0. The minimum Gasteiger partial charge on any atom is -0.478 e. The van der Waals surface area contributed by atoms with E-state index in [1.165, 1.54) is 0 Å². The predicted molar refractivity (Wildman–Crippen MR) is 127 cm³/mol. The van der Waals surface area contributed by atoms with Crippen LogP contribution in [0.15, 0.2) is 91.0 Å². The van der Waals surface area contributed by atoms with Crippen molar-refractivity contribution in [1.82, 2.24) is 15.0 Å². The Balaban J connectivity index is 1.89. The monoisotopic (exact) mass is 431 g/mol. The van der Waals surface area contributed by atoms with Crippen LogP contribution in [0.1, 0.15) is 20.3 Å². The molecular formula is C25H26N3O2P. The highest BCUT2D eigenvalue weighted by Gasteiger charge is 2.35. The van der Waals surface area contributed by atoms with Crippen molar-refractivity contribution in [2.45, 2.75) is 25.9 Å². The summed E-state index contributed by atoms with van der Waals surface area (Å²) in [5, 5.41) is 10.2. The molecule has 1 unspecified atom stereocenters. The summed E-state index contributed by atoms with van der Waals surface area (Å²) in [6.07, 6.45) is 2.65. The van der Waals surface area contributed by atoms with E-state index < -0.39 is 7.14 Å². The number of ether oxygens (including phenoxy) is 1. The standard InChI is InChI=1S/C25H26N3O2P/c1-3-20(19-25(30-4-2)28-24-18-12-11-17-23(24)26-27-28)31(29,21-13-7-5-8-14-21)22-15-9-6-10-16-22/h5-20H,3-4H2,1-2H3. The lowest BCUT2D eigenvalue weighted by Crippen LogP contribution is -2.25. The third-order valence-corrected chi connectivity index (χ3v) is 8.93. The zero-order valence-electron chi connectivity index (χ0n) is 17.8. The van der Waals surface area contributed by atoms with Crippen LogP contribution in [-0.4, -0.2) is 27.3 Å². The molecule has 0 fully saturated rings. The highest BCUT2D eigenvalue weighted by atomic mass is 31.2. The van der Waals surface area contributed by atoms with Crippen LogP contribution in [-0.2, 0) is 9.30 Å². The lowest BCUT2D eigenvalue weighted by Gasteiger charge is -2.26. The Bertz CT molecular complexity index is 1180. The first kappa shape index (κ1) is 21.1. The number of nitrogens with zero attached hydrogens (tertiary/aromatic N) is 3. The smallest absolute Gasteiger partial charge is 0.213 e. The molecule has 0 aliphatic rings. The minimum absolute atomic E-state index is 0.262. The first-order chi connectivity index (χ1) is 15.2. The largest absolute Gasteiger partial charge is 0.478 e. The van der Waals surface area contributed by atoms with Gasteiger partial charge < -0.3 is 9.30 Å². The van der Waals surface area contributed by atoms with Gasteiger partial charge in [0.15, 0.2) is 0 Å². The molecule has 0 radical (unpaired) electrons. The summed E-state index contributed by atoms with van der Waals surface area (Å²) in [5.41, 5.74) is 1.38. The van der Waals surface area contributed by atoms with Crippen molar-refractivity contribution in [2.75, 3.05) is 6.61 Å². The molecule has 0 spiro atoms. The van der Waals surface area contributed by atoms with Crippen LogP contribution in [0.3, 0.4) is 0 Å². The fourth-order valence-corrected chi connectivity index (χ4v) is 6.98. The van der Waals surface area contributed by atoms with E-state index in [9.17, 15) is 4.57 Å². The van der Waals surface area contributed by atoms with Gasteiger partial charge in [-0.05, 0) is 31.6 Å². The minimum atomic E-state index is -2.99. The number of para-hydroxylation sites is 1. The van der Waals surface area contributed by atoms with Gasteiger partial charge in [-0.3, -0.25) is 0 Å². The quantitative estimate of drug-likeness (QED) is 0.289. The second-order valence-corrected chi connectivity index (χ2v) is 10.2. The van der Waals surface area contributed by atoms with E-state index in [2.05, 4.69) is 17.2 Å². The summed E-state index contributed by atoms with van der Waals surface area (Å²) in [4.78, 5) is 0. The molecule has 1 atom stereocenters. The van der Waals surface area contributed by atoms with E-state index in [1.807, 2.05) is 97.9 Å². The van der Waals surface area contributed by atoms with Gasteiger partial charge >= 0.3 is 0 Å². The maximum Gasteiger partial charge on any atom is 0.213 e. The SMILES string of the molecule is CCOC(=CC(CC)P(=O)(c1ccccc1)c1ccccc1)n1nnc2ccccc21. The fourth-order valence-electron chi connectivity index (χ4n) is 3.83. The highest BCUT2D eigenvalue weighted by Crippen LogP contribution is 2.51. The molecule has 3 aromatic carbocycles. The summed E-state index contributed by atoms with van der Waals surface area (Å²) in [6, 6.07) is 27.2. The molecular weight excluding hydrogens is 405 g/mol. The molecule has 4 aromatic rings. The van der Waals surface area contributed by atoms with Crippen LogP contribution in [0, 0.1) is 0 Å². The van der Waals surface area contributed by atoms with Crippen LogP contribution in [0.2, 0.25) is 0 Å². The second kappa shape index (κ2) is 9.32. The maximum absolute atomic E-state index is 14.8. The number of allylic oxidation sites excluding steroid dienone is 1. The van der Waals surface area contributed by atoms with Gasteiger partial charge in [0.05, 0.1) is 12.1 Å². The third kappa shape index (κ3) is 4.06. The van der Waals surface area contributed by atoms with Crippen molar-refractivity contribution in [3.8, 4) is 0 Å². The van der Waals surface area contributed by atoms with Crippen molar-refractivity contribution >= 4 is 34.7 Å². The number of fused-ring (bicyclic) bond motifs is 1. The van der Waals surface area contributed by atoms with Gasteiger partial charge in [0.1, 0.15) is 12.7 Å². The normalized spacial score (nSPS) is 13.3. The molecule has 158 valence electrons. The molecule has 0 N–H and O–H groups in total. The van der Waals surface area contributed by atoms with Crippen molar-refractivity contribution in [3.05, 3.63) is 91.0 Å². The molecule has 0 aliphatic heterocycles. The van der Waals surface area contributed by atoms with Crippen LogP contribution in [0.4, 0.5) is 0 Å². The number of aromatic nitrogens is 3. The van der Waals surface area contributed by atoms with Gasteiger partial charge in [0.2, 0.25) is 5.88 Å². The molecule has 31 heavy (non-hydrogen) atoms. The molecule has 1 aromatic heterocycles. The fraction of sp³-hybridized carbons (Fsp3) is 0.200. The summed E-state index contributed by atoms with van der Waals surface area (Å²) < 4.78 is 22.5. The van der Waals surface area contributed by atoms with E-state index in [-0.39, 0.29) is 5.66 Å². The van der Waals surface area contributed by atoms with Crippen LogP contribution in [0.25, 0.3) is 16.9 Å². The van der Waals surface area contributed by atoms with E-state index in [0.717, 1.165) is 21.6 Å². The lowest BCUT2D eigenvalue weighted by molar-refractivity contribution is 0.271. The number of rotatable bonds is 8. The summed E-state index contributed by atoms with van der Waals surface area (Å²) in [6.45, 7) is 4.46.